The number of halogens is 1. The Hall–Kier alpha value is -2.40. The van der Waals surface area contributed by atoms with Crippen LogP contribution in [0.4, 0.5) is 5.82 Å². The number of hydrogen-bond donors (Lipinski definition) is 0. The monoisotopic (exact) mass is 388 g/mol. The first-order valence-electron chi connectivity index (χ1n) is 7.68. The first-order chi connectivity index (χ1) is 11.6. The van der Waals surface area contributed by atoms with Crippen LogP contribution in [-0.2, 0) is 7.05 Å². The second kappa shape index (κ2) is 7.01. The lowest BCUT2D eigenvalue weighted by Crippen LogP contribution is -2.35. The summed E-state index contributed by atoms with van der Waals surface area (Å²) in [6.45, 7) is 2.65. The fourth-order valence-corrected chi connectivity index (χ4v) is 3.12. The van der Waals surface area contributed by atoms with Crippen molar-refractivity contribution in [2.45, 2.75) is 6.42 Å². The van der Waals surface area contributed by atoms with Crippen LogP contribution in [0.5, 0.6) is 0 Å². The molecule has 0 aliphatic carbocycles. The molecule has 2 aromatic heterocycles. The Morgan fingerprint density at radius 3 is 2.88 bits per heavy atom. The van der Waals surface area contributed by atoms with E-state index < -0.39 is 0 Å². The lowest BCUT2D eigenvalue weighted by atomic mass is 10.2. The van der Waals surface area contributed by atoms with Gasteiger partial charge in [-0.2, -0.15) is 10.4 Å². The molecule has 1 saturated heterocycles. The predicted molar refractivity (Wildman–Crippen MR) is 92.6 cm³/mol. The minimum Gasteiger partial charge on any atom is -0.354 e. The van der Waals surface area contributed by atoms with Crippen molar-refractivity contribution in [2.24, 2.45) is 7.05 Å². The van der Waals surface area contributed by atoms with Gasteiger partial charge < -0.3 is 9.80 Å². The summed E-state index contributed by atoms with van der Waals surface area (Å²) in [5.41, 5.74) is 0.999. The summed E-state index contributed by atoms with van der Waals surface area (Å²) in [7, 11) is 1.80. The maximum Gasteiger partial charge on any atom is 0.274 e. The molecule has 0 radical (unpaired) electrons. The van der Waals surface area contributed by atoms with Crippen molar-refractivity contribution in [3.63, 3.8) is 0 Å². The van der Waals surface area contributed by atoms with Gasteiger partial charge in [0.1, 0.15) is 17.6 Å². The van der Waals surface area contributed by atoms with Gasteiger partial charge in [-0.05, 0) is 34.5 Å². The van der Waals surface area contributed by atoms with E-state index in [1.54, 1.807) is 36.3 Å². The number of amides is 1. The van der Waals surface area contributed by atoms with Gasteiger partial charge in [-0.3, -0.25) is 9.48 Å². The fourth-order valence-electron chi connectivity index (χ4n) is 2.79. The number of rotatable bonds is 2. The van der Waals surface area contributed by atoms with Crippen molar-refractivity contribution < 1.29 is 4.79 Å². The van der Waals surface area contributed by atoms with Crippen molar-refractivity contribution in [3.8, 4) is 6.07 Å². The van der Waals surface area contributed by atoms with E-state index in [9.17, 15) is 10.1 Å². The first-order valence-corrected chi connectivity index (χ1v) is 8.47. The molecule has 3 heterocycles. The molecular formula is C16H17BrN6O. The Kier molecular flexibility index (Phi) is 4.81. The number of nitrogens with zero attached hydrogens (tertiary/aromatic N) is 6. The molecule has 1 aliphatic heterocycles. The number of hydrogen-bond acceptors (Lipinski definition) is 5. The summed E-state index contributed by atoms with van der Waals surface area (Å²) in [5, 5.41) is 13.5. The summed E-state index contributed by atoms with van der Waals surface area (Å²) in [6, 6.07) is 5.69. The van der Waals surface area contributed by atoms with Gasteiger partial charge in [-0.1, -0.05) is 0 Å². The third kappa shape index (κ3) is 3.41. The average Bonchev–Trinajstić information content (AvgIpc) is 2.87. The maximum atomic E-state index is 12.5. The highest BCUT2D eigenvalue weighted by molar-refractivity contribution is 9.10. The highest BCUT2D eigenvalue weighted by atomic mass is 79.9. The number of anilines is 1. The number of pyridine rings is 1. The molecule has 0 atom stereocenters. The Morgan fingerprint density at radius 1 is 1.33 bits per heavy atom. The molecule has 7 nitrogen and oxygen atoms in total. The number of aromatic nitrogens is 3. The van der Waals surface area contributed by atoms with Crippen LogP contribution in [0.15, 0.2) is 29.0 Å². The van der Waals surface area contributed by atoms with Crippen LogP contribution in [0.25, 0.3) is 0 Å². The molecule has 2 aromatic rings. The van der Waals surface area contributed by atoms with Crippen molar-refractivity contribution in [1.29, 1.82) is 5.26 Å². The molecule has 1 amide bonds. The van der Waals surface area contributed by atoms with Crippen molar-refractivity contribution >= 4 is 27.7 Å². The van der Waals surface area contributed by atoms with E-state index in [4.69, 9.17) is 0 Å². The zero-order valence-electron chi connectivity index (χ0n) is 13.3. The zero-order valence-corrected chi connectivity index (χ0v) is 14.9. The van der Waals surface area contributed by atoms with E-state index in [1.165, 1.54) is 0 Å². The molecule has 0 spiro atoms. The second-order valence-electron chi connectivity index (χ2n) is 5.64. The first kappa shape index (κ1) is 16.5. The van der Waals surface area contributed by atoms with E-state index in [0.29, 0.717) is 36.7 Å². The van der Waals surface area contributed by atoms with Gasteiger partial charge in [0.05, 0.1) is 5.56 Å². The minimum atomic E-state index is -0.0540. The van der Waals surface area contributed by atoms with Crippen LogP contribution >= 0.6 is 15.9 Å². The Bertz CT molecular complexity index is 796. The van der Waals surface area contributed by atoms with Crippen molar-refractivity contribution in [1.82, 2.24) is 19.7 Å². The van der Waals surface area contributed by atoms with Gasteiger partial charge in [0.15, 0.2) is 0 Å². The Morgan fingerprint density at radius 2 is 2.17 bits per heavy atom. The summed E-state index contributed by atoms with van der Waals surface area (Å²) >= 11 is 3.34. The van der Waals surface area contributed by atoms with Gasteiger partial charge in [-0.25, -0.2) is 4.98 Å². The zero-order chi connectivity index (χ0) is 17.1. The highest BCUT2D eigenvalue weighted by Crippen LogP contribution is 2.22. The van der Waals surface area contributed by atoms with Crippen LogP contribution in [0.2, 0.25) is 0 Å². The maximum absolute atomic E-state index is 12.5. The van der Waals surface area contributed by atoms with Crippen LogP contribution < -0.4 is 4.90 Å². The largest absolute Gasteiger partial charge is 0.354 e. The molecule has 0 unspecified atom stereocenters. The van der Waals surface area contributed by atoms with Crippen LogP contribution in [0.1, 0.15) is 22.5 Å². The molecule has 0 aromatic carbocycles. The van der Waals surface area contributed by atoms with Gasteiger partial charge in [0, 0.05) is 50.1 Å². The predicted octanol–water partition coefficient (Wildman–Crippen LogP) is 1.80. The standard InChI is InChI=1S/C16H17BrN6O/c1-21-6-3-14(20-21)16(24)23-5-2-4-22(7-8-23)15-12(10-18)9-13(17)11-19-15/h3,6,9,11H,2,4-5,7-8H2,1H3. The molecular weight excluding hydrogens is 372 g/mol. The third-order valence-electron chi connectivity index (χ3n) is 3.97. The topological polar surface area (TPSA) is 78.0 Å². The van der Waals surface area contributed by atoms with E-state index >= 15 is 0 Å². The molecule has 1 aliphatic rings. The van der Waals surface area contributed by atoms with Crippen LogP contribution in [0, 0.1) is 11.3 Å². The van der Waals surface area contributed by atoms with E-state index in [0.717, 1.165) is 17.4 Å². The number of aryl methyl sites for hydroxylation is 1. The lowest BCUT2D eigenvalue weighted by molar-refractivity contribution is 0.0760. The summed E-state index contributed by atoms with van der Waals surface area (Å²) in [5.74, 6) is 0.620. The van der Waals surface area contributed by atoms with Crippen LogP contribution in [-0.4, -0.2) is 51.8 Å². The van der Waals surface area contributed by atoms with E-state index in [1.807, 2.05) is 4.90 Å². The molecule has 0 saturated carbocycles. The molecule has 0 bridgehead atoms. The third-order valence-corrected chi connectivity index (χ3v) is 4.40. The van der Waals surface area contributed by atoms with Gasteiger partial charge in [-0.15, -0.1) is 0 Å². The number of nitriles is 1. The summed E-state index contributed by atoms with van der Waals surface area (Å²) in [6.07, 6.45) is 4.28. The summed E-state index contributed by atoms with van der Waals surface area (Å²) in [4.78, 5) is 20.8. The molecule has 124 valence electrons. The molecule has 0 N–H and O–H groups in total. The average molecular weight is 389 g/mol. The van der Waals surface area contributed by atoms with Gasteiger partial charge in [0.25, 0.3) is 5.91 Å². The Balaban J connectivity index is 1.74. The normalized spacial score (nSPS) is 15.0. The highest BCUT2D eigenvalue weighted by Gasteiger charge is 2.23. The molecule has 24 heavy (non-hydrogen) atoms. The van der Waals surface area contributed by atoms with Gasteiger partial charge in [0.2, 0.25) is 0 Å². The number of carbonyl (C=O) groups excluding carboxylic acids is 1. The van der Waals surface area contributed by atoms with E-state index in [2.05, 4.69) is 37.0 Å². The number of carbonyl (C=O) groups is 1. The smallest absolute Gasteiger partial charge is 0.274 e. The van der Waals surface area contributed by atoms with Crippen molar-refractivity contribution in [3.05, 3.63) is 40.3 Å². The summed E-state index contributed by atoms with van der Waals surface area (Å²) < 4.78 is 2.41. The quantitative estimate of drug-likeness (QED) is 0.783. The SMILES string of the molecule is Cn1ccc(C(=O)N2CCCN(c3ncc(Br)cc3C#N)CC2)n1. The molecule has 1 fully saturated rings. The van der Waals surface area contributed by atoms with Crippen LogP contribution in [0.3, 0.4) is 0 Å². The fraction of sp³-hybridized carbons (Fsp3) is 0.375. The second-order valence-corrected chi connectivity index (χ2v) is 6.56. The van der Waals surface area contributed by atoms with Crippen molar-refractivity contribution in [2.75, 3.05) is 31.1 Å². The van der Waals surface area contributed by atoms with E-state index in [-0.39, 0.29) is 5.91 Å². The Labute approximate surface area is 148 Å². The lowest BCUT2D eigenvalue weighted by Gasteiger charge is -2.23. The minimum absolute atomic E-state index is 0.0540. The van der Waals surface area contributed by atoms with Gasteiger partial charge >= 0.3 is 0 Å². The molecule has 3 rings (SSSR count). The molecule has 8 heteroatoms.